The van der Waals surface area contributed by atoms with E-state index in [1.807, 2.05) is 60.7 Å². The number of hydrogen-bond acceptors (Lipinski definition) is 5. The van der Waals surface area contributed by atoms with E-state index < -0.39 is 29.6 Å². The highest BCUT2D eigenvalue weighted by molar-refractivity contribution is 6.04. The molecule has 3 unspecified atom stereocenters. The van der Waals surface area contributed by atoms with Gasteiger partial charge in [-0.25, -0.2) is 0 Å². The zero-order valence-electron chi connectivity index (χ0n) is 16.7. The van der Waals surface area contributed by atoms with Crippen LogP contribution in [0.3, 0.4) is 0 Å². The van der Waals surface area contributed by atoms with Gasteiger partial charge in [0.25, 0.3) is 0 Å². The number of ether oxygens (including phenoxy) is 2. The summed E-state index contributed by atoms with van der Waals surface area (Å²) in [6.07, 6.45) is 0.460. The Morgan fingerprint density at radius 2 is 1.71 bits per heavy atom. The topological polar surface area (TPSA) is 81.7 Å². The summed E-state index contributed by atoms with van der Waals surface area (Å²) in [5.41, 5.74) is 1.64. The minimum Gasteiger partial charge on any atom is -0.465 e. The lowest BCUT2D eigenvalue weighted by atomic mass is 9.72. The molecule has 0 spiro atoms. The minimum atomic E-state index is -1.13. The molecular formula is C25H21NO5. The van der Waals surface area contributed by atoms with Gasteiger partial charge < -0.3 is 14.8 Å². The van der Waals surface area contributed by atoms with E-state index in [0.29, 0.717) is 12.2 Å². The number of esters is 2. The number of amides is 1. The Bertz CT molecular complexity index is 1170. The van der Waals surface area contributed by atoms with Gasteiger partial charge in [-0.2, -0.15) is 0 Å². The molecule has 2 heterocycles. The molecule has 1 amide bonds. The van der Waals surface area contributed by atoms with Crippen molar-refractivity contribution in [1.82, 2.24) is 5.32 Å². The number of carbonyl (C=O) groups excluding carboxylic acids is 3. The largest absolute Gasteiger partial charge is 0.465 e. The van der Waals surface area contributed by atoms with Gasteiger partial charge >= 0.3 is 11.9 Å². The molecule has 0 radical (unpaired) electrons. The van der Waals surface area contributed by atoms with Crippen molar-refractivity contribution in [2.45, 2.75) is 18.9 Å². The fraction of sp³-hybridized carbons (Fsp3) is 0.240. The molecule has 3 aromatic rings. The molecule has 0 aromatic heterocycles. The molecule has 2 aliphatic rings. The second-order valence-corrected chi connectivity index (χ2v) is 7.89. The monoisotopic (exact) mass is 415 g/mol. The lowest BCUT2D eigenvalue weighted by Crippen LogP contribution is -2.46. The predicted octanol–water partition coefficient (Wildman–Crippen LogP) is 3.34. The van der Waals surface area contributed by atoms with Crippen molar-refractivity contribution in [3.05, 3.63) is 77.9 Å². The number of nitrogens with one attached hydrogen (secondary N) is 1. The van der Waals surface area contributed by atoms with E-state index in [0.717, 1.165) is 21.9 Å². The SMILES string of the molecule is O=C1OCCC1C1c2c(ccc3ccccc23)OC(=O)C1C(=O)NCc1ccccc1. The average molecular weight is 415 g/mol. The Hall–Kier alpha value is -3.67. The van der Waals surface area contributed by atoms with Crippen LogP contribution in [0.4, 0.5) is 0 Å². The molecule has 31 heavy (non-hydrogen) atoms. The molecule has 6 nitrogen and oxygen atoms in total. The Labute approximate surface area is 179 Å². The third kappa shape index (κ3) is 3.44. The molecule has 5 rings (SSSR count). The van der Waals surface area contributed by atoms with E-state index >= 15 is 0 Å². The third-order valence-electron chi connectivity index (χ3n) is 6.09. The number of cyclic esters (lactones) is 1. The maximum absolute atomic E-state index is 13.2. The van der Waals surface area contributed by atoms with Gasteiger partial charge in [0.05, 0.1) is 12.5 Å². The second-order valence-electron chi connectivity index (χ2n) is 7.89. The molecular weight excluding hydrogens is 394 g/mol. The van der Waals surface area contributed by atoms with Gasteiger partial charge in [0.15, 0.2) is 0 Å². The maximum Gasteiger partial charge on any atom is 0.324 e. The van der Waals surface area contributed by atoms with Gasteiger partial charge in [0, 0.05) is 18.0 Å². The van der Waals surface area contributed by atoms with Crippen molar-refractivity contribution in [3.8, 4) is 5.75 Å². The molecule has 3 atom stereocenters. The Morgan fingerprint density at radius 3 is 2.48 bits per heavy atom. The summed E-state index contributed by atoms with van der Waals surface area (Å²) in [5, 5.41) is 4.68. The first kappa shape index (κ1) is 19.3. The number of hydrogen-bond donors (Lipinski definition) is 1. The van der Waals surface area contributed by atoms with E-state index in [-0.39, 0.29) is 19.1 Å². The first-order valence-electron chi connectivity index (χ1n) is 10.3. The van der Waals surface area contributed by atoms with E-state index in [2.05, 4.69) is 5.32 Å². The van der Waals surface area contributed by atoms with E-state index in [1.165, 1.54) is 0 Å². The lowest BCUT2D eigenvalue weighted by molar-refractivity contribution is -0.150. The second kappa shape index (κ2) is 7.87. The van der Waals surface area contributed by atoms with Gasteiger partial charge in [-0.1, -0.05) is 60.7 Å². The van der Waals surface area contributed by atoms with Gasteiger partial charge in [-0.05, 0) is 28.8 Å². The number of benzene rings is 3. The summed E-state index contributed by atoms with van der Waals surface area (Å²) < 4.78 is 10.8. The Balaban J connectivity index is 1.57. The molecule has 3 aromatic carbocycles. The average Bonchev–Trinajstić information content (AvgIpc) is 3.22. The van der Waals surface area contributed by atoms with Gasteiger partial charge in [0.2, 0.25) is 5.91 Å². The molecule has 2 aliphatic heterocycles. The minimum absolute atomic E-state index is 0.285. The van der Waals surface area contributed by atoms with Crippen LogP contribution in [0.15, 0.2) is 66.7 Å². The summed E-state index contributed by atoms with van der Waals surface area (Å²) in [7, 11) is 0. The van der Waals surface area contributed by atoms with Crippen molar-refractivity contribution in [3.63, 3.8) is 0 Å². The molecule has 1 saturated heterocycles. The van der Waals surface area contributed by atoms with Crippen molar-refractivity contribution < 1.29 is 23.9 Å². The predicted molar refractivity (Wildman–Crippen MR) is 113 cm³/mol. The molecule has 1 fully saturated rings. The van der Waals surface area contributed by atoms with Crippen LogP contribution in [0.5, 0.6) is 5.75 Å². The first-order chi connectivity index (χ1) is 15.1. The van der Waals surface area contributed by atoms with Crippen molar-refractivity contribution in [1.29, 1.82) is 0 Å². The highest BCUT2D eigenvalue weighted by atomic mass is 16.5. The number of carbonyl (C=O) groups is 3. The van der Waals surface area contributed by atoms with Gasteiger partial charge in [-0.15, -0.1) is 0 Å². The van der Waals surface area contributed by atoms with Crippen LogP contribution in [-0.4, -0.2) is 24.5 Å². The molecule has 0 saturated carbocycles. The molecule has 6 heteroatoms. The van der Waals surface area contributed by atoms with Gasteiger partial charge in [-0.3, -0.25) is 14.4 Å². The van der Waals surface area contributed by atoms with Crippen molar-refractivity contribution in [2.75, 3.05) is 6.61 Å². The first-order valence-corrected chi connectivity index (χ1v) is 10.3. The highest BCUT2D eigenvalue weighted by Gasteiger charge is 2.50. The summed E-state index contributed by atoms with van der Waals surface area (Å²) in [6.45, 7) is 0.571. The number of rotatable bonds is 4. The fourth-order valence-electron chi connectivity index (χ4n) is 4.63. The standard InChI is InChI=1S/C25H21NO5/c27-23(26-14-15-6-2-1-3-7-15)22-21(18-12-13-30-24(18)28)20-17-9-5-4-8-16(17)10-11-19(20)31-25(22)29/h1-11,18,21-22H,12-14H2,(H,26,27). The van der Waals surface area contributed by atoms with Crippen LogP contribution in [0.25, 0.3) is 10.8 Å². The quantitative estimate of drug-likeness (QED) is 0.402. The third-order valence-corrected chi connectivity index (χ3v) is 6.09. The zero-order chi connectivity index (χ0) is 21.4. The Kier molecular flexibility index (Phi) is 4.90. The van der Waals surface area contributed by atoms with Crippen LogP contribution < -0.4 is 10.1 Å². The van der Waals surface area contributed by atoms with Crippen LogP contribution in [-0.2, 0) is 25.7 Å². The molecule has 1 N–H and O–H groups in total. The van der Waals surface area contributed by atoms with E-state index in [4.69, 9.17) is 9.47 Å². The normalized spacial score (nSPS) is 22.5. The smallest absolute Gasteiger partial charge is 0.324 e. The van der Waals surface area contributed by atoms with Gasteiger partial charge in [0.1, 0.15) is 11.7 Å². The van der Waals surface area contributed by atoms with E-state index in [1.54, 1.807) is 6.07 Å². The lowest BCUT2D eigenvalue weighted by Gasteiger charge is -2.34. The van der Waals surface area contributed by atoms with E-state index in [9.17, 15) is 14.4 Å². The van der Waals surface area contributed by atoms with Crippen LogP contribution >= 0.6 is 0 Å². The fourth-order valence-corrected chi connectivity index (χ4v) is 4.63. The number of fused-ring (bicyclic) bond motifs is 3. The molecule has 156 valence electrons. The van der Waals surface area contributed by atoms with Crippen molar-refractivity contribution >= 4 is 28.6 Å². The maximum atomic E-state index is 13.2. The van der Waals surface area contributed by atoms with Crippen molar-refractivity contribution in [2.24, 2.45) is 11.8 Å². The van der Waals surface area contributed by atoms with Crippen LogP contribution in [0, 0.1) is 11.8 Å². The van der Waals surface area contributed by atoms with Crippen LogP contribution in [0.2, 0.25) is 0 Å². The Morgan fingerprint density at radius 1 is 0.935 bits per heavy atom. The summed E-state index contributed by atoms with van der Waals surface area (Å²) in [6, 6.07) is 20.8. The molecule has 0 aliphatic carbocycles. The summed E-state index contributed by atoms with van der Waals surface area (Å²) in [5.74, 6) is -3.41. The molecule has 0 bridgehead atoms. The summed E-state index contributed by atoms with van der Waals surface area (Å²) >= 11 is 0. The zero-order valence-corrected chi connectivity index (χ0v) is 16.7. The highest BCUT2D eigenvalue weighted by Crippen LogP contribution is 2.48. The summed E-state index contributed by atoms with van der Waals surface area (Å²) in [4.78, 5) is 38.8. The van der Waals surface area contributed by atoms with Crippen LogP contribution in [0.1, 0.15) is 23.5 Å².